The molecule has 0 bridgehead atoms. The first-order valence-electron chi connectivity index (χ1n) is 4.62. The minimum atomic E-state index is 0.0728. The van der Waals surface area contributed by atoms with Gasteiger partial charge in [-0.05, 0) is 5.56 Å². The van der Waals surface area contributed by atoms with Gasteiger partial charge >= 0.3 is 0 Å². The third-order valence-electron chi connectivity index (χ3n) is 1.87. The summed E-state index contributed by atoms with van der Waals surface area (Å²) in [7, 11) is 0. The molecule has 0 aliphatic carbocycles. The van der Waals surface area contributed by atoms with Crippen molar-refractivity contribution in [3.05, 3.63) is 35.9 Å². The largest absolute Gasteiger partial charge is 0.313 e. The third-order valence-corrected chi connectivity index (χ3v) is 2.27. The van der Waals surface area contributed by atoms with Crippen molar-refractivity contribution in [3.63, 3.8) is 0 Å². The Morgan fingerprint density at radius 1 is 1.23 bits per heavy atom. The van der Waals surface area contributed by atoms with E-state index in [1.807, 2.05) is 18.2 Å². The highest BCUT2D eigenvalue weighted by atomic mass is 35.5. The van der Waals surface area contributed by atoms with Crippen LogP contribution in [0.3, 0.4) is 0 Å². The predicted octanol–water partition coefficient (Wildman–Crippen LogP) is 2.96. The molecule has 0 spiro atoms. The van der Waals surface area contributed by atoms with E-state index in [0.717, 1.165) is 6.54 Å². The average Bonchev–Trinajstić information content (AvgIpc) is 2.15. The van der Waals surface area contributed by atoms with Gasteiger partial charge in [-0.2, -0.15) is 0 Å². The second kappa shape index (κ2) is 5.25. The fourth-order valence-corrected chi connectivity index (χ4v) is 1.35. The zero-order chi connectivity index (χ0) is 9.68. The van der Waals surface area contributed by atoms with E-state index in [4.69, 9.17) is 11.6 Å². The summed E-state index contributed by atoms with van der Waals surface area (Å²) in [5, 5.41) is 3.38. The molecule has 0 amide bonds. The van der Waals surface area contributed by atoms with E-state index in [-0.39, 0.29) is 5.38 Å². The van der Waals surface area contributed by atoms with Crippen LogP contribution >= 0.6 is 11.6 Å². The zero-order valence-corrected chi connectivity index (χ0v) is 8.88. The van der Waals surface area contributed by atoms with E-state index in [9.17, 15) is 0 Å². The van der Waals surface area contributed by atoms with Gasteiger partial charge in [-0.3, -0.25) is 0 Å². The van der Waals surface area contributed by atoms with Crippen molar-refractivity contribution < 1.29 is 0 Å². The van der Waals surface area contributed by atoms with Crippen molar-refractivity contribution in [2.45, 2.75) is 25.3 Å². The first-order valence-corrected chi connectivity index (χ1v) is 5.06. The Kier molecular flexibility index (Phi) is 4.26. The molecule has 0 fully saturated rings. The van der Waals surface area contributed by atoms with Crippen LogP contribution in [-0.2, 0) is 0 Å². The maximum Gasteiger partial charge on any atom is 0.0709 e. The molecule has 0 aliphatic rings. The Balaban J connectivity index is 2.44. The quantitative estimate of drug-likeness (QED) is 0.732. The lowest BCUT2D eigenvalue weighted by atomic mass is 10.1. The fourth-order valence-electron chi connectivity index (χ4n) is 1.12. The Morgan fingerprint density at radius 2 is 1.85 bits per heavy atom. The van der Waals surface area contributed by atoms with Gasteiger partial charge in [0.15, 0.2) is 0 Å². The Bertz CT molecular complexity index is 233. The molecule has 0 radical (unpaired) electrons. The second-order valence-electron chi connectivity index (χ2n) is 3.44. The van der Waals surface area contributed by atoms with E-state index in [1.54, 1.807) is 0 Å². The highest BCUT2D eigenvalue weighted by Crippen LogP contribution is 2.18. The maximum atomic E-state index is 6.19. The summed E-state index contributed by atoms with van der Waals surface area (Å²) in [5.74, 6) is 0. The molecule has 0 heterocycles. The number of halogens is 1. The standard InChI is InChI=1S/C11H16ClN/c1-9(2)13-8-11(12)10-6-4-3-5-7-10/h3-7,9,11,13H,8H2,1-2H3. The van der Waals surface area contributed by atoms with Gasteiger partial charge in [0, 0.05) is 12.6 Å². The number of rotatable bonds is 4. The van der Waals surface area contributed by atoms with Gasteiger partial charge in [0.1, 0.15) is 0 Å². The summed E-state index contributed by atoms with van der Waals surface area (Å²) in [6, 6.07) is 10.6. The van der Waals surface area contributed by atoms with Crippen LogP contribution in [0.1, 0.15) is 24.8 Å². The molecule has 1 N–H and O–H groups in total. The molecule has 0 aliphatic heterocycles. The lowest BCUT2D eigenvalue weighted by Gasteiger charge is -2.13. The van der Waals surface area contributed by atoms with Crippen molar-refractivity contribution in [2.75, 3.05) is 6.54 Å². The van der Waals surface area contributed by atoms with Crippen molar-refractivity contribution in [3.8, 4) is 0 Å². The lowest BCUT2D eigenvalue weighted by molar-refractivity contribution is 0.583. The number of alkyl halides is 1. The summed E-state index contributed by atoms with van der Waals surface area (Å²) in [6.07, 6.45) is 0. The summed E-state index contributed by atoms with van der Waals surface area (Å²) in [4.78, 5) is 0. The van der Waals surface area contributed by atoms with E-state index in [2.05, 4.69) is 31.3 Å². The Morgan fingerprint density at radius 3 is 2.38 bits per heavy atom. The molecule has 1 unspecified atom stereocenters. The van der Waals surface area contributed by atoms with Gasteiger partial charge in [0.25, 0.3) is 0 Å². The predicted molar refractivity (Wildman–Crippen MR) is 58.2 cm³/mol. The second-order valence-corrected chi connectivity index (χ2v) is 3.97. The Hall–Kier alpha value is -0.530. The Labute approximate surface area is 85.1 Å². The van der Waals surface area contributed by atoms with Gasteiger partial charge in [-0.25, -0.2) is 0 Å². The molecule has 1 aromatic carbocycles. The van der Waals surface area contributed by atoms with Crippen LogP contribution in [0.2, 0.25) is 0 Å². The molecule has 0 aromatic heterocycles. The minimum Gasteiger partial charge on any atom is -0.313 e. The zero-order valence-electron chi connectivity index (χ0n) is 8.13. The summed E-state index contributed by atoms with van der Waals surface area (Å²) in [5.41, 5.74) is 1.18. The molecule has 13 heavy (non-hydrogen) atoms. The molecule has 0 saturated carbocycles. The highest BCUT2D eigenvalue weighted by Gasteiger charge is 2.06. The normalized spacial score (nSPS) is 13.2. The van der Waals surface area contributed by atoms with Crippen LogP contribution in [-0.4, -0.2) is 12.6 Å². The van der Waals surface area contributed by atoms with Gasteiger partial charge in [0.05, 0.1) is 5.38 Å². The van der Waals surface area contributed by atoms with E-state index >= 15 is 0 Å². The van der Waals surface area contributed by atoms with Crippen LogP contribution in [0.5, 0.6) is 0 Å². The van der Waals surface area contributed by atoms with E-state index < -0.39 is 0 Å². The molecule has 1 nitrogen and oxygen atoms in total. The number of hydrogen-bond acceptors (Lipinski definition) is 1. The monoisotopic (exact) mass is 197 g/mol. The summed E-state index contributed by atoms with van der Waals surface area (Å²) in [6.45, 7) is 5.06. The maximum absolute atomic E-state index is 6.19. The van der Waals surface area contributed by atoms with Gasteiger partial charge in [-0.15, -0.1) is 11.6 Å². The first kappa shape index (κ1) is 10.6. The number of hydrogen-bond donors (Lipinski definition) is 1. The van der Waals surface area contributed by atoms with Crippen LogP contribution in [0.25, 0.3) is 0 Å². The molecular formula is C11H16ClN. The van der Waals surface area contributed by atoms with E-state index in [0.29, 0.717) is 6.04 Å². The molecule has 0 saturated heterocycles. The highest BCUT2D eigenvalue weighted by molar-refractivity contribution is 6.21. The smallest absolute Gasteiger partial charge is 0.0709 e. The average molecular weight is 198 g/mol. The molecule has 72 valence electrons. The fraction of sp³-hybridized carbons (Fsp3) is 0.455. The molecule has 1 aromatic rings. The SMILES string of the molecule is CC(C)NCC(Cl)c1ccccc1. The van der Waals surface area contributed by atoms with Crippen LogP contribution in [0, 0.1) is 0 Å². The number of nitrogens with one attached hydrogen (secondary N) is 1. The lowest BCUT2D eigenvalue weighted by Crippen LogP contribution is -2.26. The van der Waals surface area contributed by atoms with Crippen molar-refractivity contribution in [1.29, 1.82) is 0 Å². The summed E-state index contributed by atoms with van der Waals surface area (Å²) < 4.78 is 0. The minimum absolute atomic E-state index is 0.0728. The van der Waals surface area contributed by atoms with Gasteiger partial charge in [-0.1, -0.05) is 44.2 Å². The molecular weight excluding hydrogens is 182 g/mol. The molecule has 1 rings (SSSR count). The van der Waals surface area contributed by atoms with Gasteiger partial charge < -0.3 is 5.32 Å². The van der Waals surface area contributed by atoms with Crippen LogP contribution < -0.4 is 5.32 Å². The van der Waals surface area contributed by atoms with E-state index in [1.165, 1.54) is 5.56 Å². The van der Waals surface area contributed by atoms with Crippen molar-refractivity contribution in [1.82, 2.24) is 5.32 Å². The first-order chi connectivity index (χ1) is 6.20. The van der Waals surface area contributed by atoms with Crippen molar-refractivity contribution in [2.24, 2.45) is 0 Å². The topological polar surface area (TPSA) is 12.0 Å². The molecule has 1 atom stereocenters. The molecule has 2 heteroatoms. The van der Waals surface area contributed by atoms with Crippen molar-refractivity contribution >= 4 is 11.6 Å². The number of benzene rings is 1. The van der Waals surface area contributed by atoms with Crippen LogP contribution in [0.4, 0.5) is 0 Å². The van der Waals surface area contributed by atoms with Crippen LogP contribution in [0.15, 0.2) is 30.3 Å². The summed E-state index contributed by atoms with van der Waals surface area (Å²) >= 11 is 6.19. The third kappa shape index (κ3) is 3.79. The van der Waals surface area contributed by atoms with Gasteiger partial charge in [0.2, 0.25) is 0 Å².